The molecule has 2 aromatic rings. The Hall–Kier alpha value is -3.61. The molecule has 2 N–H and O–H groups in total. The third-order valence-electron chi connectivity index (χ3n) is 4.58. The summed E-state index contributed by atoms with van der Waals surface area (Å²) < 4.78 is 78.7. The lowest BCUT2D eigenvalue weighted by Crippen LogP contribution is -2.41. The van der Waals surface area contributed by atoms with Crippen LogP contribution >= 0.6 is 0 Å². The molecular weight excluding hydrogens is 466 g/mol. The Balaban J connectivity index is 1.49. The van der Waals surface area contributed by atoms with Gasteiger partial charge in [-0.05, 0) is 44.2 Å². The van der Waals surface area contributed by atoms with E-state index in [1.54, 1.807) is 18.3 Å². The van der Waals surface area contributed by atoms with E-state index in [9.17, 15) is 9.59 Å². The molecule has 1 aromatic heterocycles. The maximum atomic E-state index is 12.7. The number of carbonyl (C=O) groups is 2. The van der Waals surface area contributed by atoms with E-state index in [1.807, 2.05) is 13.8 Å². The van der Waals surface area contributed by atoms with Gasteiger partial charge in [0.15, 0.2) is 18.9 Å². The zero-order valence-corrected chi connectivity index (χ0v) is 19.8. The smallest absolute Gasteiger partial charge is 0.279 e. The summed E-state index contributed by atoms with van der Waals surface area (Å²) >= 11 is 0. The number of benzene rings is 1. The maximum Gasteiger partial charge on any atom is 0.279 e. The number of ether oxygens (including phenoxy) is 2. The fourth-order valence-corrected chi connectivity index (χ4v) is 3.02. The van der Waals surface area contributed by atoms with E-state index in [0.717, 1.165) is 0 Å². The SMILES string of the molecule is [2H]C([2H])([2H])[N+](CC(=O)Nc1ccc(-n2cc(CNC(=O)CO/N=C/C=C/[C@H]3COC(C)(C)O3)nn2)cc1)(C([2H])([2H])[2H])C([2H])([2H])[2H]. The van der Waals surface area contributed by atoms with Crippen molar-refractivity contribution in [3.63, 3.8) is 0 Å². The number of nitrogens with one attached hydrogen (secondary N) is 2. The average Bonchev–Trinajstić information content (AvgIpc) is 3.52. The quantitative estimate of drug-likeness (QED) is 0.265. The molecular formula is C24H34N7O5+. The van der Waals surface area contributed by atoms with Crippen molar-refractivity contribution in [2.75, 3.05) is 46.0 Å². The van der Waals surface area contributed by atoms with Crippen LogP contribution in [0.5, 0.6) is 0 Å². The molecule has 36 heavy (non-hydrogen) atoms. The monoisotopic (exact) mass is 509 g/mol. The van der Waals surface area contributed by atoms with E-state index in [0.29, 0.717) is 18.0 Å². The van der Waals surface area contributed by atoms with E-state index in [2.05, 4.69) is 26.1 Å². The molecule has 1 aliphatic rings. The third kappa shape index (κ3) is 9.21. The second-order valence-electron chi connectivity index (χ2n) is 8.27. The summed E-state index contributed by atoms with van der Waals surface area (Å²) in [6.07, 6.45) is 6.10. The molecule has 1 aromatic carbocycles. The number of likely N-dealkylation sites (N-methyl/N-ethyl adjacent to an activating group) is 1. The number of aromatic nitrogens is 3. The van der Waals surface area contributed by atoms with Gasteiger partial charge in [-0.25, -0.2) is 4.68 Å². The minimum atomic E-state index is -3.54. The number of amides is 2. The van der Waals surface area contributed by atoms with Crippen LogP contribution in [-0.4, -0.2) is 90.1 Å². The molecule has 2 amide bonds. The maximum absolute atomic E-state index is 12.7. The molecule has 0 unspecified atom stereocenters. The van der Waals surface area contributed by atoms with Crippen LogP contribution in [0.2, 0.25) is 0 Å². The summed E-state index contributed by atoms with van der Waals surface area (Å²) in [5.41, 5.74) is 1.07. The molecule has 0 spiro atoms. The van der Waals surface area contributed by atoms with Gasteiger partial charge >= 0.3 is 0 Å². The summed E-state index contributed by atoms with van der Waals surface area (Å²) in [5, 5.41) is 16.6. The Labute approximate surface area is 223 Å². The Kier molecular flexibility index (Phi) is 5.60. The zero-order chi connectivity index (χ0) is 33.7. The number of quaternary nitrogens is 1. The van der Waals surface area contributed by atoms with Crippen LogP contribution in [-0.2, 0) is 30.4 Å². The Morgan fingerprint density at radius 2 is 2.08 bits per heavy atom. The highest BCUT2D eigenvalue weighted by Crippen LogP contribution is 2.22. The Bertz CT molecular complexity index is 1350. The van der Waals surface area contributed by atoms with Gasteiger partial charge in [0.05, 0.1) is 64.5 Å². The first kappa shape index (κ1) is 17.0. The second kappa shape index (κ2) is 11.9. The lowest BCUT2D eigenvalue weighted by Gasteiger charge is -2.22. The number of allylic oxidation sites excluding steroid dienone is 1. The van der Waals surface area contributed by atoms with Crippen molar-refractivity contribution >= 4 is 23.7 Å². The summed E-state index contributed by atoms with van der Waals surface area (Å²) in [4.78, 5) is 29.7. The van der Waals surface area contributed by atoms with Crippen molar-refractivity contribution in [2.24, 2.45) is 5.16 Å². The fourth-order valence-electron chi connectivity index (χ4n) is 3.02. The lowest BCUT2D eigenvalue weighted by molar-refractivity contribution is -0.861. The van der Waals surface area contributed by atoms with Gasteiger partial charge in [0.2, 0.25) is 0 Å². The predicted molar refractivity (Wildman–Crippen MR) is 133 cm³/mol. The number of anilines is 1. The van der Waals surface area contributed by atoms with Crippen LogP contribution in [0.25, 0.3) is 5.69 Å². The summed E-state index contributed by atoms with van der Waals surface area (Å²) in [6.45, 7) is -8.19. The number of hydrogen-bond acceptors (Lipinski definition) is 8. The van der Waals surface area contributed by atoms with Crippen molar-refractivity contribution in [1.29, 1.82) is 0 Å². The average molecular weight is 510 g/mol. The van der Waals surface area contributed by atoms with Crippen LogP contribution in [0.3, 0.4) is 0 Å². The predicted octanol–water partition coefficient (Wildman–Crippen LogP) is 1.24. The van der Waals surface area contributed by atoms with E-state index < -0.39 is 49.6 Å². The van der Waals surface area contributed by atoms with Crippen molar-refractivity contribution in [3.8, 4) is 5.69 Å². The number of carbonyl (C=O) groups excluding carboxylic acids is 2. The van der Waals surface area contributed by atoms with Crippen LogP contribution < -0.4 is 10.6 Å². The van der Waals surface area contributed by atoms with E-state index >= 15 is 0 Å². The van der Waals surface area contributed by atoms with Crippen LogP contribution in [0, 0.1) is 0 Å². The molecule has 12 heteroatoms. The molecule has 2 heterocycles. The normalized spacial score (nSPS) is 22.3. The van der Waals surface area contributed by atoms with Gasteiger partial charge < -0.3 is 29.4 Å². The minimum Gasteiger partial charge on any atom is -0.386 e. The van der Waals surface area contributed by atoms with Gasteiger partial charge in [-0.15, -0.1) is 5.10 Å². The molecule has 3 rings (SSSR count). The largest absolute Gasteiger partial charge is 0.386 e. The molecule has 0 bridgehead atoms. The van der Waals surface area contributed by atoms with E-state index in [-0.39, 0.29) is 24.9 Å². The highest BCUT2D eigenvalue weighted by Gasteiger charge is 2.30. The highest BCUT2D eigenvalue weighted by atomic mass is 16.7. The summed E-state index contributed by atoms with van der Waals surface area (Å²) in [5.74, 6) is -2.20. The number of hydrogen-bond donors (Lipinski definition) is 2. The topological polar surface area (TPSA) is 129 Å². The van der Waals surface area contributed by atoms with Crippen molar-refractivity contribution in [3.05, 3.63) is 48.3 Å². The van der Waals surface area contributed by atoms with Crippen molar-refractivity contribution in [1.82, 2.24) is 20.3 Å². The molecule has 1 atom stereocenters. The first-order valence-corrected chi connectivity index (χ1v) is 10.8. The third-order valence-corrected chi connectivity index (χ3v) is 4.58. The van der Waals surface area contributed by atoms with Gasteiger partial charge in [-0.2, -0.15) is 0 Å². The summed E-state index contributed by atoms with van der Waals surface area (Å²) in [7, 11) is 0. The molecule has 1 saturated heterocycles. The second-order valence-corrected chi connectivity index (χ2v) is 8.27. The first-order valence-electron chi connectivity index (χ1n) is 15.3. The molecule has 1 aliphatic heterocycles. The zero-order valence-electron chi connectivity index (χ0n) is 28.8. The van der Waals surface area contributed by atoms with Crippen molar-refractivity contribution in [2.45, 2.75) is 32.3 Å². The number of nitrogens with zero attached hydrogens (tertiary/aromatic N) is 5. The first-order chi connectivity index (χ1) is 20.7. The van der Waals surface area contributed by atoms with Crippen LogP contribution in [0.4, 0.5) is 5.69 Å². The van der Waals surface area contributed by atoms with Gasteiger partial charge in [0, 0.05) is 5.69 Å². The molecule has 194 valence electrons. The molecule has 1 fully saturated rings. The van der Waals surface area contributed by atoms with E-state index in [4.69, 9.17) is 26.6 Å². The van der Waals surface area contributed by atoms with Gasteiger partial charge in [0.25, 0.3) is 11.8 Å². The number of rotatable bonds is 11. The highest BCUT2D eigenvalue weighted by molar-refractivity contribution is 5.91. The molecule has 12 nitrogen and oxygen atoms in total. The lowest BCUT2D eigenvalue weighted by atomic mass is 10.2. The van der Waals surface area contributed by atoms with Gasteiger partial charge in [-0.1, -0.05) is 16.4 Å². The van der Waals surface area contributed by atoms with Crippen LogP contribution in [0.15, 0.2) is 47.8 Å². The molecule has 0 radical (unpaired) electrons. The van der Waals surface area contributed by atoms with Crippen molar-refractivity contribution < 1.29 is 40.7 Å². The standard InChI is InChI=1S/C24H33N7O5/c1-24(2)34-16-21(36-24)7-6-12-26-35-17-23(33)25-13-19-14-30(29-28-19)20-10-8-18(9-11-20)27-22(32)15-31(3,4)5/h6-12,14,21H,13,15-17H2,1-5H3,(H-,25,27,32,33)/p+1/b7-6+,26-12+/t21-/m0/s1/i3D3,4D3,5D3. The fraction of sp³-hybridized carbons (Fsp3) is 0.458. The molecule has 0 saturated carbocycles. The molecule has 0 aliphatic carbocycles. The van der Waals surface area contributed by atoms with Gasteiger partial charge in [-0.3, -0.25) is 9.59 Å². The van der Waals surface area contributed by atoms with Gasteiger partial charge in [0.1, 0.15) is 11.8 Å². The minimum absolute atomic E-state index is 0.0469. The van der Waals surface area contributed by atoms with Crippen LogP contribution in [0.1, 0.15) is 31.9 Å². The Morgan fingerprint density at radius 1 is 1.31 bits per heavy atom. The summed E-state index contributed by atoms with van der Waals surface area (Å²) in [6, 6.07) is 5.90. The van der Waals surface area contributed by atoms with E-state index in [1.165, 1.54) is 35.2 Å². The Morgan fingerprint density at radius 3 is 2.78 bits per heavy atom. The number of oxime groups is 1.